The molecule has 0 radical (unpaired) electrons. The molecule has 10 heavy (non-hydrogen) atoms. The topological polar surface area (TPSA) is 47.6 Å². The molecule has 2 N–H and O–H groups in total. The van der Waals surface area contributed by atoms with E-state index >= 15 is 0 Å². The maximum Gasteiger partial charge on any atom is -0.0776 e. The summed E-state index contributed by atoms with van der Waals surface area (Å²) in [6, 6.07) is 0. The van der Waals surface area contributed by atoms with Crippen LogP contribution in [-0.2, 0) is 0 Å². The molecule has 0 saturated heterocycles. The zero-order valence-electron chi connectivity index (χ0n) is 2.00. The molecule has 0 aliphatic carbocycles. The average Bonchev–Trinajstić information content (AvgIpc) is 1.50. The third-order valence-corrected chi connectivity index (χ3v) is 0. The van der Waals surface area contributed by atoms with Crippen molar-refractivity contribution in [1.82, 2.24) is 0 Å². The Morgan fingerprint density at radius 2 is 0.400 bits per heavy atom. The van der Waals surface area contributed by atoms with E-state index in [-0.39, 0.29) is 44.6 Å². The largest absolute Gasteiger partial charge is 0.335 e. The highest BCUT2D eigenvalue weighted by molar-refractivity contribution is 3.34. The van der Waals surface area contributed by atoms with E-state index < -0.39 is 0 Å². The fourth-order valence-electron chi connectivity index (χ4n) is 0. The van der Waals surface area contributed by atoms with E-state index in [2.05, 4.69) is 0 Å². The van der Waals surface area contributed by atoms with Crippen molar-refractivity contribution in [3.8, 4) is 0 Å². The van der Waals surface area contributed by atoms with Gasteiger partial charge in [-0.2, -0.15) is 0 Å². The van der Waals surface area contributed by atoms with Gasteiger partial charge in [-0.15, -0.1) is 0 Å². The van der Waals surface area contributed by atoms with Crippen molar-refractivity contribution in [3.63, 3.8) is 0 Å². The van der Waals surface area contributed by atoms with Gasteiger partial charge in [-0.05, 0) is 0 Å². The summed E-state index contributed by atoms with van der Waals surface area (Å²) in [4.78, 5) is 0. The van der Waals surface area contributed by atoms with Gasteiger partial charge in [0, 0.05) is 0 Å². The Kier molecular flexibility index (Phi) is 22300. The Labute approximate surface area is 69.1 Å². The van der Waals surface area contributed by atoms with Gasteiger partial charge in [0.1, 0.15) is 0 Å². The van der Waals surface area contributed by atoms with E-state index in [4.69, 9.17) is 23.7 Å². The second-order valence-corrected chi connectivity index (χ2v) is 0. The van der Waals surface area contributed by atoms with Gasteiger partial charge in [-0.1, -0.05) is 44.6 Å². The van der Waals surface area contributed by atoms with Crippen LogP contribution < -0.4 is 10.5 Å². The molecular weight excluding hydrogens is 124 g/mol. The Morgan fingerprint density at radius 3 is 0.400 bits per heavy atom. The molecular formula is C8H26N2. The minimum Gasteiger partial charge on any atom is -0.335 e. The highest BCUT2D eigenvalue weighted by Gasteiger charge is 0.295. The summed E-state index contributed by atoms with van der Waals surface area (Å²) in [7, 11) is 0. The highest BCUT2D eigenvalue weighted by atomic mass is 14.2. The van der Waals surface area contributed by atoms with Gasteiger partial charge in [-0.25, -0.2) is 13.1 Å². The Bertz CT molecular complexity index is 22.7. The van der Waals surface area contributed by atoms with E-state index in [0.717, 1.165) is 0 Å². The van der Waals surface area contributed by atoms with Crippen LogP contribution in [0.15, 0.2) is 0 Å². The fourth-order valence-corrected chi connectivity index (χ4v) is 0. The predicted molar refractivity (Wildman–Crippen MR) is 48.8 cm³/mol. The minimum atomic E-state index is 0. The molecule has 0 aromatic heterocycles. The standard InChI is InChI=1S/2CHN.6CH4/c2*1-2;;;;;;/h2*2H;6*1H4. The first-order valence-corrected chi connectivity index (χ1v) is 0.500. The molecule has 0 aliphatic heterocycles. The lowest BCUT2D eigenvalue weighted by Gasteiger charge is -0.866. The van der Waals surface area contributed by atoms with E-state index in [9.17, 15) is 0 Å². The van der Waals surface area contributed by atoms with Gasteiger partial charge in [0.2, 0.25) is 0 Å². The zero-order chi connectivity index (χ0) is 4.00. The lowest BCUT2D eigenvalue weighted by atomic mass is 11.9. The number of hydrogen-bond acceptors (Lipinski definition) is 0. The van der Waals surface area contributed by atoms with E-state index in [0.29, 0.717) is 0 Å². The first-order valence-electron chi connectivity index (χ1n) is 0.500. The number of hydrogen-bond donors (Lipinski definition) is 2. The van der Waals surface area contributed by atoms with Crippen molar-refractivity contribution in [2.24, 2.45) is 0 Å². The minimum absolute atomic E-state index is 0. The van der Waals surface area contributed by atoms with E-state index in [1.54, 1.807) is 0 Å². The van der Waals surface area contributed by atoms with Crippen molar-refractivity contribution in [2.75, 3.05) is 0 Å². The summed E-state index contributed by atoms with van der Waals surface area (Å²) in [5.41, 5.74) is 0. The Hall–Kier alpha value is -1.02. The first kappa shape index (κ1) is 595. The average molecular weight is 150 g/mol. The second-order valence-electron chi connectivity index (χ2n) is 0. The van der Waals surface area contributed by atoms with Gasteiger partial charge in [0.05, 0.1) is 0 Å². The van der Waals surface area contributed by atoms with Gasteiger partial charge in [-0.3, -0.25) is 0 Å². The molecule has 0 aliphatic rings. The Morgan fingerprint density at radius 1 is 0.400 bits per heavy atom. The van der Waals surface area contributed by atoms with Crippen LogP contribution in [0.2, 0.25) is 0 Å². The number of rotatable bonds is 0. The molecule has 2 heteroatoms. The molecule has 0 amide bonds. The van der Waals surface area contributed by atoms with Crippen LogP contribution in [0.4, 0.5) is 0 Å². The molecule has 0 unspecified atom stereocenters. The van der Waals surface area contributed by atoms with Gasteiger partial charge < -0.3 is 10.5 Å². The lowest BCUT2D eigenvalue weighted by molar-refractivity contribution is -0.100. The molecule has 0 aromatic carbocycles. The number of nitrogens with one attached hydrogen (secondary N) is 2. The molecule has 0 aromatic rings. The van der Waals surface area contributed by atoms with Crippen LogP contribution in [0.25, 0.3) is 0 Å². The smallest absolute Gasteiger partial charge is 0.0776 e. The van der Waals surface area contributed by atoms with Crippen molar-refractivity contribution in [3.05, 3.63) is 13.1 Å². The predicted octanol–water partition coefficient (Wildman–Crippen LogP) is 0.508. The molecule has 0 fully saturated rings. The second kappa shape index (κ2) is 374. The van der Waals surface area contributed by atoms with Gasteiger partial charge in [0.25, 0.3) is 0 Å². The molecule has 0 spiro atoms. The van der Waals surface area contributed by atoms with Gasteiger partial charge >= 0.3 is 0 Å². The van der Waals surface area contributed by atoms with Crippen LogP contribution >= 0.6 is 0 Å². The third-order valence-electron chi connectivity index (χ3n) is 0. The van der Waals surface area contributed by atoms with Crippen LogP contribution in [-0.4, -0.2) is 0 Å². The molecule has 2 nitrogen and oxygen atoms in total. The van der Waals surface area contributed by atoms with Crippen molar-refractivity contribution in [2.45, 2.75) is 44.6 Å². The van der Waals surface area contributed by atoms with Crippen LogP contribution in [0.1, 0.15) is 44.6 Å². The molecule has 0 bridgehead atoms. The molecule has 68 valence electrons. The van der Waals surface area contributed by atoms with Crippen LogP contribution in [0, 0.1) is 13.1 Å². The molecule has 0 heterocycles. The molecule has 0 rings (SSSR count). The highest BCUT2D eigenvalue weighted by Crippen LogP contribution is 0.236. The normalized spacial score (nSPS) is 0.400. The van der Waals surface area contributed by atoms with Crippen LogP contribution in [0.5, 0.6) is 0 Å². The molecule has 0 saturated carbocycles. The summed E-state index contributed by atoms with van der Waals surface area (Å²) >= 11 is 0. The zero-order valence-corrected chi connectivity index (χ0v) is 2.00. The molecule has 0 atom stereocenters. The maximum absolute atomic E-state index is 5.00. The lowest BCUT2D eigenvalue weighted by Crippen LogP contribution is -2.10. The van der Waals surface area contributed by atoms with E-state index in [1.165, 1.54) is 0 Å². The quantitative estimate of drug-likeness (QED) is 0.473. The van der Waals surface area contributed by atoms with Gasteiger partial charge in [0.15, 0.2) is 0 Å². The van der Waals surface area contributed by atoms with Crippen molar-refractivity contribution >= 4 is 0 Å². The summed E-state index contributed by atoms with van der Waals surface area (Å²) in [5.74, 6) is 0. The maximum atomic E-state index is 5.00. The van der Waals surface area contributed by atoms with Crippen molar-refractivity contribution in [1.29, 1.82) is 0 Å². The summed E-state index contributed by atoms with van der Waals surface area (Å²) in [6.45, 7) is 10.0. The summed E-state index contributed by atoms with van der Waals surface area (Å²) in [5, 5.41) is 10.0. The summed E-state index contributed by atoms with van der Waals surface area (Å²) in [6.07, 6.45) is 0. The first-order chi connectivity index (χ1) is 2.00. The van der Waals surface area contributed by atoms with Crippen LogP contribution in [0.3, 0.4) is 0 Å². The third kappa shape index (κ3) is 240. The Balaban J connectivity index is -0.000000000833. The fraction of sp³-hybridized carbons (Fsp3) is 0.750. The SMILES string of the molecule is C.C.C.C.C.C.[C-]#[NH+].[C-]#[NH+]. The monoisotopic (exact) mass is 150 g/mol. The summed E-state index contributed by atoms with van der Waals surface area (Å²) < 4.78 is 0. The van der Waals surface area contributed by atoms with E-state index in [1.807, 2.05) is 0 Å². The van der Waals surface area contributed by atoms with Crippen molar-refractivity contribution < 1.29 is 10.5 Å².